The molecular formula is C30H46O5. The number of carbonyl (C=O) groups is 3. The molecule has 3 saturated carbocycles. The molecule has 5 heteroatoms. The second kappa shape index (κ2) is 8.73. The van der Waals surface area contributed by atoms with Crippen LogP contribution in [0.5, 0.6) is 0 Å². The van der Waals surface area contributed by atoms with E-state index in [2.05, 4.69) is 47.6 Å². The second-order valence-electron chi connectivity index (χ2n) is 13.4. The van der Waals surface area contributed by atoms with Gasteiger partial charge in [-0.15, -0.1) is 0 Å². The van der Waals surface area contributed by atoms with Crippen LogP contribution in [0.25, 0.3) is 0 Å². The molecule has 0 aromatic rings. The first-order valence-electron chi connectivity index (χ1n) is 13.7. The zero-order valence-electron chi connectivity index (χ0n) is 23.2. The molecule has 4 aliphatic carbocycles. The van der Waals surface area contributed by atoms with Gasteiger partial charge in [0.2, 0.25) is 0 Å². The van der Waals surface area contributed by atoms with Gasteiger partial charge in [-0.1, -0.05) is 53.2 Å². The number of ketones is 1. The summed E-state index contributed by atoms with van der Waals surface area (Å²) in [5.74, 6) is 1.14. The summed E-state index contributed by atoms with van der Waals surface area (Å²) in [6, 6.07) is 0. The first kappa shape index (κ1) is 26.4. The minimum absolute atomic E-state index is 0.0299. The quantitative estimate of drug-likeness (QED) is 0.337. The first-order chi connectivity index (χ1) is 16.2. The van der Waals surface area contributed by atoms with Gasteiger partial charge in [0, 0.05) is 30.1 Å². The number of hydrogen-bond donors (Lipinski definition) is 0. The molecule has 0 aromatic heterocycles. The molecule has 5 nitrogen and oxygen atoms in total. The molecule has 0 spiro atoms. The molecule has 0 heterocycles. The normalized spacial score (nSPS) is 42.7. The van der Waals surface area contributed by atoms with E-state index >= 15 is 0 Å². The minimum Gasteiger partial charge on any atom is -0.469 e. The van der Waals surface area contributed by atoms with Gasteiger partial charge in [0.25, 0.3) is 0 Å². The summed E-state index contributed by atoms with van der Waals surface area (Å²) in [5.41, 5.74) is 0.699. The van der Waals surface area contributed by atoms with Gasteiger partial charge in [0.1, 0.15) is 11.9 Å². The van der Waals surface area contributed by atoms with Gasteiger partial charge in [0.15, 0.2) is 0 Å². The van der Waals surface area contributed by atoms with Crippen LogP contribution >= 0.6 is 0 Å². The monoisotopic (exact) mass is 486 g/mol. The Morgan fingerprint density at radius 2 is 1.80 bits per heavy atom. The van der Waals surface area contributed by atoms with Crippen molar-refractivity contribution in [1.82, 2.24) is 0 Å². The maximum absolute atomic E-state index is 14.5. The lowest BCUT2D eigenvalue weighted by Crippen LogP contribution is -2.49. The van der Waals surface area contributed by atoms with Gasteiger partial charge < -0.3 is 9.47 Å². The Labute approximate surface area is 211 Å². The smallest absolute Gasteiger partial charge is 0.305 e. The first-order valence-corrected chi connectivity index (χ1v) is 13.7. The number of carbonyl (C=O) groups excluding carboxylic acids is 3. The van der Waals surface area contributed by atoms with Crippen molar-refractivity contribution in [2.75, 3.05) is 7.11 Å². The lowest BCUT2D eigenvalue weighted by Gasteiger charge is -2.51. The number of esters is 2. The number of ether oxygens (including phenoxy) is 2. The molecule has 0 bridgehead atoms. The van der Waals surface area contributed by atoms with Crippen molar-refractivity contribution in [2.45, 2.75) is 106 Å². The standard InChI is InChI=1S/C30H46O5/c1-18(9-10-25(32)34-8)21-11-16-30(7)26(33)20-17-23-27(3,4)24(35-19(2)31)13-14-28(23,5)22(20)12-15-29(21,30)6/h12,18,20-21,23-24H,9-11,13-17H2,1-8H3/t18-,20+,21-,23+,24+,28-,29-,30+/m1/s1. The molecule has 0 unspecified atom stereocenters. The predicted molar refractivity (Wildman–Crippen MR) is 135 cm³/mol. The van der Waals surface area contributed by atoms with Crippen molar-refractivity contribution in [3.63, 3.8) is 0 Å². The van der Waals surface area contributed by atoms with Crippen molar-refractivity contribution in [2.24, 2.45) is 45.3 Å². The fraction of sp³-hybridized carbons (Fsp3) is 0.833. The molecule has 0 saturated heterocycles. The Balaban J connectivity index is 1.65. The molecule has 0 radical (unpaired) electrons. The summed E-state index contributed by atoms with van der Waals surface area (Å²) in [6.45, 7) is 15.2. The molecule has 196 valence electrons. The van der Waals surface area contributed by atoms with E-state index in [9.17, 15) is 14.4 Å². The summed E-state index contributed by atoms with van der Waals surface area (Å²) >= 11 is 0. The van der Waals surface area contributed by atoms with Crippen LogP contribution in [0.3, 0.4) is 0 Å². The van der Waals surface area contributed by atoms with Crippen LogP contribution in [0.15, 0.2) is 11.6 Å². The lowest BCUT2D eigenvalue weighted by atomic mass is 9.55. The minimum atomic E-state index is -0.358. The summed E-state index contributed by atoms with van der Waals surface area (Å²) in [7, 11) is 1.45. The van der Waals surface area contributed by atoms with E-state index < -0.39 is 0 Å². The third-order valence-electron chi connectivity index (χ3n) is 11.6. The molecule has 0 aliphatic heterocycles. The average molecular weight is 487 g/mol. The predicted octanol–water partition coefficient (Wildman–Crippen LogP) is 6.29. The van der Waals surface area contributed by atoms with Crippen LogP contribution in [-0.4, -0.2) is 30.9 Å². The molecule has 4 aliphatic rings. The summed E-state index contributed by atoms with van der Waals surface area (Å²) in [6.07, 6.45) is 9.17. The van der Waals surface area contributed by atoms with Crippen LogP contribution in [0.2, 0.25) is 0 Å². The Morgan fingerprint density at radius 1 is 1.11 bits per heavy atom. The van der Waals surface area contributed by atoms with Crippen LogP contribution in [0.1, 0.15) is 99.8 Å². The topological polar surface area (TPSA) is 69.7 Å². The van der Waals surface area contributed by atoms with Gasteiger partial charge in [-0.05, 0) is 73.5 Å². The number of fused-ring (bicyclic) bond motifs is 4. The van der Waals surface area contributed by atoms with Gasteiger partial charge >= 0.3 is 11.9 Å². The maximum atomic E-state index is 14.5. The number of hydrogen-bond acceptors (Lipinski definition) is 5. The van der Waals surface area contributed by atoms with Crippen LogP contribution < -0.4 is 0 Å². The molecule has 8 atom stereocenters. The summed E-state index contributed by atoms with van der Waals surface area (Å²) in [4.78, 5) is 38.1. The number of rotatable bonds is 5. The van der Waals surface area contributed by atoms with Crippen molar-refractivity contribution in [3.05, 3.63) is 11.6 Å². The molecule has 4 rings (SSSR count). The van der Waals surface area contributed by atoms with Gasteiger partial charge in [-0.3, -0.25) is 14.4 Å². The summed E-state index contributed by atoms with van der Waals surface area (Å²) < 4.78 is 10.7. The van der Waals surface area contributed by atoms with E-state index in [1.807, 2.05) is 0 Å². The SMILES string of the molecule is COC(=O)CC[C@@H](C)[C@H]1CC[C@@]2(C)C(=O)[C@H]3C[C@H]4C(C)(C)[C@@H](OC(C)=O)CC[C@]4(C)C3=CC[C@]12C. The van der Waals surface area contributed by atoms with Crippen LogP contribution in [0, 0.1) is 45.3 Å². The highest BCUT2D eigenvalue weighted by Gasteiger charge is 2.66. The van der Waals surface area contributed by atoms with E-state index in [0.717, 1.165) is 44.9 Å². The largest absolute Gasteiger partial charge is 0.469 e. The number of Topliss-reactive ketones (excluding diaryl/α,β-unsaturated/α-hetero) is 1. The highest BCUT2D eigenvalue weighted by atomic mass is 16.5. The molecule has 35 heavy (non-hydrogen) atoms. The molecule has 0 N–H and O–H groups in total. The Bertz CT molecular complexity index is 933. The Morgan fingerprint density at radius 3 is 2.43 bits per heavy atom. The second-order valence-corrected chi connectivity index (χ2v) is 13.4. The molecule has 0 aromatic carbocycles. The maximum Gasteiger partial charge on any atom is 0.305 e. The van der Waals surface area contributed by atoms with Gasteiger partial charge in [-0.25, -0.2) is 0 Å². The summed E-state index contributed by atoms with van der Waals surface area (Å²) in [5, 5.41) is 0. The van der Waals surface area contributed by atoms with Crippen LogP contribution in [0.4, 0.5) is 0 Å². The third-order valence-corrected chi connectivity index (χ3v) is 11.6. The zero-order chi connectivity index (χ0) is 26.0. The van der Waals surface area contributed by atoms with Crippen molar-refractivity contribution < 1.29 is 23.9 Å². The fourth-order valence-electron chi connectivity index (χ4n) is 9.23. The fourth-order valence-corrected chi connectivity index (χ4v) is 9.23. The van der Waals surface area contributed by atoms with Crippen LogP contribution in [-0.2, 0) is 23.9 Å². The van der Waals surface area contributed by atoms with Crippen molar-refractivity contribution in [1.29, 1.82) is 0 Å². The van der Waals surface area contributed by atoms with E-state index in [1.165, 1.54) is 19.6 Å². The number of methoxy groups -OCH3 is 1. The zero-order valence-corrected chi connectivity index (χ0v) is 23.2. The van der Waals surface area contributed by atoms with E-state index in [0.29, 0.717) is 30.0 Å². The lowest BCUT2D eigenvalue weighted by molar-refractivity contribution is -0.164. The van der Waals surface area contributed by atoms with E-state index in [-0.39, 0.29) is 45.6 Å². The molecule has 0 amide bonds. The molecular weight excluding hydrogens is 440 g/mol. The van der Waals surface area contributed by atoms with Crippen molar-refractivity contribution in [3.8, 4) is 0 Å². The Hall–Kier alpha value is -1.65. The van der Waals surface area contributed by atoms with Crippen molar-refractivity contribution >= 4 is 17.7 Å². The van der Waals surface area contributed by atoms with Gasteiger partial charge in [0.05, 0.1) is 7.11 Å². The van der Waals surface area contributed by atoms with E-state index in [1.54, 1.807) is 0 Å². The number of allylic oxidation sites excluding steroid dienone is 2. The average Bonchev–Trinajstić information content (AvgIpc) is 3.21. The highest BCUT2D eigenvalue weighted by Crippen LogP contribution is 2.70. The Kier molecular flexibility index (Phi) is 6.59. The van der Waals surface area contributed by atoms with E-state index in [4.69, 9.17) is 9.47 Å². The molecule has 3 fully saturated rings. The van der Waals surface area contributed by atoms with Gasteiger partial charge in [-0.2, -0.15) is 0 Å². The highest BCUT2D eigenvalue weighted by molar-refractivity contribution is 5.91. The third kappa shape index (κ3) is 3.82.